The number of aliphatic imine (C=N–C) groups is 1. The first-order valence-electron chi connectivity index (χ1n) is 11.3. The van der Waals surface area contributed by atoms with Gasteiger partial charge >= 0.3 is 11.9 Å². The fourth-order valence-electron chi connectivity index (χ4n) is 3.08. The average molecular weight is 502 g/mol. The fourth-order valence-corrected chi connectivity index (χ4v) is 3.08. The minimum absolute atomic E-state index is 0.00307. The number of carboxylic acids is 2. The van der Waals surface area contributed by atoms with Crippen LogP contribution in [0.2, 0.25) is 0 Å². The zero-order valence-corrected chi connectivity index (χ0v) is 20.6. The van der Waals surface area contributed by atoms with Gasteiger partial charge in [-0.3, -0.25) is 24.2 Å². The van der Waals surface area contributed by atoms with Gasteiger partial charge in [-0.2, -0.15) is 0 Å². The number of carboxylic acid groups (broad SMARTS) is 2. The van der Waals surface area contributed by atoms with Crippen LogP contribution in [0, 0.1) is 11.8 Å². The Labute approximate surface area is 204 Å². The van der Waals surface area contributed by atoms with Gasteiger partial charge in [0.05, 0.1) is 12.5 Å². The van der Waals surface area contributed by atoms with Crippen LogP contribution in [0.3, 0.4) is 0 Å². The van der Waals surface area contributed by atoms with E-state index in [0.29, 0.717) is 0 Å². The van der Waals surface area contributed by atoms with Crippen LogP contribution in [-0.4, -0.2) is 76.5 Å². The van der Waals surface area contributed by atoms with Crippen molar-refractivity contribution < 1.29 is 34.2 Å². The Bertz CT molecular complexity index is 782. The van der Waals surface area contributed by atoms with Crippen LogP contribution >= 0.6 is 0 Å². The Hall–Kier alpha value is -3.42. The van der Waals surface area contributed by atoms with E-state index in [1.165, 1.54) is 0 Å². The molecule has 14 nitrogen and oxygen atoms in total. The molecule has 0 radical (unpaired) electrons. The van der Waals surface area contributed by atoms with Gasteiger partial charge in [-0.25, -0.2) is 4.79 Å². The van der Waals surface area contributed by atoms with Crippen LogP contribution in [0.1, 0.15) is 53.4 Å². The summed E-state index contributed by atoms with van der Waals surface area (Å²) in [5, 5.41) is 25.6. The Morgan fingerprint density at radius 2 is 1.43 bits per heavy atom. The lowest BCUT2D eigenvalue weighted by Crippen LogP contribution is -2.58. The van der Waals surface area contributed by atoms with Crippen molar-refractivity contribution in [1.82, 2.24) is 16.0 Å². The maximum Gasteiger partial charge on any atom is 0.326 e. The van der Waals surface area contributed by atoms with Crippen molar-refractivity contribution in [3.8, 4) is 0 Å². The second-order valence-corrected chi connectivity index (χ2v) is 8.97. The van der Waals surface area contributed by atoms with Crippen molar-refractivity contribution in [2.75, 3.05) is 6.54 Å². The number of nitrogens with two attached hydrogens (primary N) is 3. The molecule has 0 saturated carbocycles. The lowest BCUT2D eigenvalue weighted by Gasteiger charge is -2.27. The molecule has 35 heavy (non-hydrogen) atoms. The molecular formula is C21H39N7O7. The minimum atomic E-state index is -1.39. The van der Waals surface area contributed by atoms with Gasteiger partial charge in [0.2, 0.25) is 17.7 Å². The molecule has 0 aliphatic rings. The molecule has 3 amide bonds. The summed E-state index contributed by atoms with van der Waals surface area (Å²) in [6, 6.07) is -4.79. The van der Waals surface area contributed by atoms with Crippen molar-refractivity contribution in [3.63, 3.8) is 0 Å². The summed E-state index contributed by atoms with van der Waals surface area (Å²) in [6.45, 7) is 7.12. The number of nitrogens with zero attached hydrogens (tertiary/aromatic N) is 1. The molecule has 0 aliphatic carbocycles. The van der Waals surface area contributed by atoms with Crippen molar-refractivity contribution in [2.24, 2.45) is 34.0 Å². The summed E-state index contributed by atoms with van der Waals surface area (Å²) >= 11 is 0. The molecule has 4 atom stereocenters. The molecule has 0 spiro atoms. The Balaban J connectivity index is 5.55. The van der Waals surface area contributed by atoms with Gasteiger partial charge in [0.1, 0.15) is 18.1 Å². The third-order valence-corrected chi connectivity index (χ3v) is 4.88. The SMILES string of the molecule is CC(C)CC(NC(=O)C(NC(=O)C(CCCN=C(N)N)NC(=O)C(N)CC(=O)O)C(C)C)C(=O)O. The van der Waals surface area contributed by atoms with E-state index in [1.54, 1.807) is 13.8 Å². The van der Waals surface area contributed by atoms with Crippen molar-refractivity contribution in [1.29, 1.82) is 0 Å². The maximum atomic E-state index is 13.0. The van der Waals surface area contributed by atoms with Gasteiger partial charge in [0.25, 0.3) is 0 Å². The monoisotopic (exact) mass is 501 g/mol. The van der Waals surface area contributed by atoms with E-state index in [0.717, 1.165) is 0 Å². The van der Waals surface area contributed by atoms with Crippen LogP contribution in [0.4, 0.5) is 0 Å². The second-order valence-electron chi connectivity index (χ2n) is 8.97. The van der Waals surface area contributed by atoms with Crippen molar-refractivity contribution >= 4 is 35.6 Å². The molecule has 0 fully saturated rings. The smallest absolute Gasteiger partial charge is 0.326 e. The van der Waals surface area contributed by atoms with E-state index in [-0.39, 0.29) is 37.7 Å². The highest BCUT2D eigenvalue weighted by atomic mass is 16.4. The van der Waals surface area contributed by atoms with Gasteiger partial charge in [0.15, 0.2) is 5.96 Å². The van der Waals surface area contributed by atoms with E-state index in [4.69, 9.17) is 22.3 Å². The lowest BCUT2D eigenvalue weighted by atomic mass is 9.99. The van der Waals surface area contributed by atoms with Crippen LogP contribution in [0.5, 0.6) is 0 Å². The highest BCUT2D eigenvalue weighted by Crippen LogP contribution is 2.09. The summed E-state index contributed by atoms with van der Waals surface area (Å²) < 4.78 is 0. The maximum absolute atomic E-state index is 13.0. The number of hydrogen-bond donors (Lipinski definition) is 8. The molecule has 0 saturated heterocycles. The van der Waals surface area contributed by atoms with Gasteiger partial charge in [-0.05, 0) is 31.1 Å². The summed E-state index contributed by atoms with van der Waals surface area (Å²) in [5.41, 5.74) is 16.1. The molecule has 0 aromatic heterocycles. The van der Waals surface area contributed by atoms with Crippen LogP contribution in [-0.2, 0) is 24.0 Å². The number of aliphatic carboxylic acids is 2. The summed E-state index contributed by atoms with van der Waals surface area (Å²) in [4.78, 5) is 64.3. The predicted molar refractivity (Wildman–Crippen MR) is 128 cm³/mol. The average Bonchev–Trinajstić information content (AvgIpc) is 2.71. The van der Waals surface area contributed by atoms with Crippen LogP contribution in [0.25, 0.3) is 0 Å². The molecule has 14 heteroatoms. The molecule has 0 aromatic rings. The van der Waals surface area contributed by atoms with Crippen LogP contribution < -0.4 is 33.2 Å². The van der Waals surface area contributed by atoms with Gasteiger partial charge in [0, 0.05) is 6.54 Å². The Morgan fingerprint density at radius 1 is 0.857 bits per heavy atom. The highest BCUT2D eigenvalue weighted by Gasteiger charge is 2.32. The summed E-state index contributed by atoms with van der Waals surface area (Å²) in [7, 11) is 0. The zero-order chi connectivity index (χ0) is 27.3. The molecule has 0 bridgehead atoms. The van der Waals surface area contributed by atoms with E-state index in [1.807, 2.05) is 13.8 Å². The second kappa shape index (κ2) is 15.5. The largest absolute Gasteiger partial charge is 0.481 e. The topological polar surface area (TPSA) is 252 Å². The zero-order valence-electron chi connectivity index (χ0n) is 20.6. The number of carbonyl (C=O) groups excluding carboxylic acids is 3. The Morgan fingerprint density at radius 3 is 1.89 bits per heavy atom. The third-order valence-electron chi connectivity index (χ3n) is 4.88. The highest BCUT2D eigenvalue weighted by molar-refractivity contribution is 5.94. The standard InChI is InChI=1S/C21H39N7O7/c1-10(2)8-14(20(34)35)27-19(33)16(11(3)4)28-18(32)13(6-5-7-25-21(23)24)26-17(31)12(22)9-15(29)30/h10-14,16H,5-9,22H2,1-4H3,(H,26,31)(H,27,33)(H,28,32)(H,29,30)(H,34,35)(H4,23,24,25). The van der Waals surface area contributed by atoms with Gasteiger partial charge in [-0.15, -0.1) is 0 Å². The lowest BCUT2D eigenvalue weighted by molar-refractivity contribution is -0.143. The quantitative estimate of drug-likeness (QED) is 0.0661. The first-order valence-corrected chi connectivity index (χ1v) is 11.3. The van der Waals surface area contributed by atoms with Gasteiger partial charge in [-0.1, -0.05) is 27.7 Å². The number of guanidine groups is 1. The molecule has 0 heterocycles. The first kappa shape index (κ1) is 31.6. The van der Waals surface area contributed by atoms with E-state index < -0.39 is 66.2 Å². The molecule has 0 aliphatic heterocycles. The van der Waals surface area contributed by atoms with E-state index in [9.17, 15) is 29.1 Å². The fraction of sp³-hybridized carbons (Fsp3) is 0.714. The third kappa shape index (κ3) is 13.2. The molecule has 4 unspecified atom stereocenters. The number of amides is 3. The number of rotatable bonds is 16. The number of hydrogen-bond acceptors (Lipinski definition) is 7. The number of carbonyl (C=O) groups is 5. The number of nitrogens with one attached hydrogen (secondary N) is 3. The predicted octanol–water partition coefficient (Wildman–Crippen LogP) is -1.92. The molecule has 11 N–H and O–H groups in total. The molecule has 200 valence electrons. The summed E-state index contributed by atoms with van der Waals surface area (Å²) in [6.07, 6.45) is -0.105. The van der Waals surface area contributed by atoms with Crippen molar-refractivity contribution in [3.05, 3.63) is 0 Å². The molecular weight excluding hydrogens is 462 g/mol. The van der Waals surface area contributed by atoms with Crippen molar-refractivity contribution in [2.45, 2.75) is 77.5 Å². The Kier molecular flexibility index (Phi) is 14.0. The normalized spacial score (nSPS) is 14.4. The molecule has 0 rings (SSSR count). The minimum Gasteiger partial charge on any atom is -0.481 e. The molecule has 0 aromatic carbocycles. The van der Waals surface area contributed by atoms with E-state index in [2.05, 4.69) is 20.9 Å². The first-order chi connectivity index (χ1) is 16.1. The van der Waals surface area contributed by atoms with E-state index >= 15 is 0 Å². The summed E-state index contributed by atoms with van der Waals surface area (Å²) in [5.74, 6) is -5.31. The van der Waals surface area contributed by atoms with Gasteiger partial charge < -0.3 is 43.4 Å². The van der Waals surface area contributed by atoms with Crippen LogP contribution in [0.15, 0.2) is 4.99 Å².